The van der Waals surface area contributed by atoms with E-state index in [1.165, 1.54) is 12.5 Å². The maximum atomic E-state index is 15.1. The fourth-order valence-corrected chi connectivity index (χ4v) is 5.23. The van der Waals surface area contributed by atoms with E-state index in [1.54, 1.807) is 4.90 Å². The number of carbonyl (C=O) groups is 1. The first kappa shape index (κ1) is 23.1. The van der Waals surface area contributed by atoms with Crippen LogP contribution in [-0.4, -0.2) is 69.9 Å². The van der Waals surface area contributed by atoms with Crippen molar-refractivity contribution in [1.82, 2.24) is 4.90 Å². The predicted molar refractivity (Wildman–Crippen MR) is 132 cm³/mol. The molecule has 182 valence electrons. The van der Waals surface area contributed by atoms with Gasteiger partial charge in [-0.3, -0.25) is 4.79 Å². The summed E-state index contributed by atoms with van der Waals surface area (Å²) < 4.78 is 26.8. The molecule has 0 aliphatic carbocycles. The van der Waals surface area contributed by atoms with Crippen LogP contribution in [0.1, 0.15) is 41.6 Å². The Morgan fingerprint density at radius 3 is 2.74 bits per heavy atom. The first-order chi connectivity index (χ1) is 16.5. The Bertz CT molecular complexity index is 1040. The number of nitrogens with zero attached hydrogens (tertiary/aromatic N) is 3. The van der Waals surface area contributed by atoms with E-state index in [2.05, 4.69) is 23.9 Å². The van der Waals surface area contributed by atoms with E-state index >= 15 is 4.39 Å². The molecule has 2 atom stereocenters. The summed E-state index contributed by atoms with van der Waals surface area (Å²) in [6, 6.07) is 11.3. The standard InChI is InChI=1S/C27H34FN3O3/c1-29(2)21-11-12-30(17-21)26-9-6-20(16-25(26)28)31-13-10-19-15-22(7-8-24(19)27(31)32)34-18-23-5-3-4-14-33-23/h6-9,15-16,21,23H,3-5,10-14,17-18H2,1-2H3/t21-,23?/m1/s1. The molecule has 6 nitrogen and oxygen atoms in total. The van der Waals surface area contributed by atoms with E-state index in [1.807, 2.05) is 30.3 Å². The number of hydrogen-bond donors (Lipinski definition) is 0. The van der Waals surface area contributed by atoms with Gasteiger partial charge in [-0.1, -0.05) is 0 Å². The quantitative estimate of drug-likeness (QED) is 0.640. The number of fused-ring (bicyclic) bond motifs is 1. The van der Waals surface area contributed by atoms with Gasteiger partial charge in [0.15, 0.2) is 0 Å². The van der Waals surface area contributed by atoms with Gasteiger partial charge in [0.2, 0.25) is 0 Å². The predicted octanol–water partition coefficient (Wildman–Crippen LogP) is 4.12. The summed E-state index contributed by atoms with van der Waals surface area (Å²) in [7, 11) is 4.13. The number of halogens is 1. The highest BCUT2D eigenvalue weighted by Crippen LogP contribution is 2.32. The molecule has 1 amide bonds. The molecule has 34 heavy (non-hydrogen) atoms. The molecular formula is C27H34FN3O3. The molecule has 0 aromatic heterocycles. The maximum Gasteiger partial charge on any atom is 0.258 e. The molecule has 0 N–H and O–H groups in total. The Morgan fingerprint density at radius 2 is 2.00 bits per heavy atom. The van der Waals surface area contributed by atoms with Crippen LogP contribution >= 0.6 is 0 Å². The van der Waals surface area contributed by atoms with Crippen LogP contribution in [0.3, 0.4) is 0 Å². The van der Waals surface area contributed by atoms with Crippen molar-refractivity contribution in [2.75, 3.05) is 56.7 Å². The van der Waals surface area contributed by atoms with Crippen LogP contribution in [0.2, 0.25) is 0 Å². The lowest BCUT2D eigenvalue weighted by Crippen LogP contribution is -2.37. The van der Waals surface area contributed by atoms with Crippen LogP contribution in [0.5, 0.6) is 5.75 Å². The van der Waals surface area contributed by atoms with E-state index < -0.39 is 0 Å². The molecule has 1 unspecified atom stereocenters. The molecule has 7 heteroatoms. The SMILES string of the molecule is CN(C)[C@@H]1CCN(c2ccc(N3CCc4cc(OCC5CCCCO5)ccc4C3=O)cc2F)C1. The monoisotopic (exact) mass is 467 g/mol. The van der Waals surface area contributed by atoms with E-state index in [9.17, 15) is 4.79 Å². The fraction of sp³-hybridized carbons (Fsp3) is 0.519. The third-order valence-electron chi connectivity index (χ3n) is 7.34. The smallest absolute Gasteiger partial charge is 0.258 e. The zero-order valence-electron chi connectivity index (χ0n) is 20.1. The number of rotatable bonds is 6. The lowest BCUT2D eigenvalue weighted by Gasteiger charge is -2.30. The molecule has 0 saturated carbocycles. The van der Waals surface area contributed by atoms with Crippen LogP contribution in [-0.2, 0) is 11.2 Å². The first-order valence-electron chi connectivity index (χ1n) is 12.4. The maximum absolute atomic E-state index is 15.1. The fourth-order valence-electron chi connectivity index (χ4n) is 5.23. The van der Waals surface area contributed by atoms with Gasteiger partial charge in [-0.05, 0) is 88.2 Å². The van der Waals surface area contributed by atoms with Crippen molar-refractivity contribution in [3.8, 4) is 5.75 Å². The number of hydrogen-bond acceptors (Lipinski definition) is 5. The third kappa shape index (κ3) is 4.77. The van der Waals surface area contributed by atoms with Gasteiger partial charge in [-0.25, -0.2) is 4.39 Å². The van der Waals surface area contributed by atoms with Gasteiger partial charge >= 0.3 is 0 Å². The van der Waals surface area contributed by atoms with Gasteiger partial charge in [-0.2, -0.15) is 0 Å². The van der Waals surface area contributed by atoms with Crippen LogP contribution in [0.15, 0.2) is 36.4 Å². The molecule has 0 bridgehead atoms. The molecule has 5 rings (SSSR count). The normalized spacial score (nSPS) is 22.9. The van der Waals surface area contributed by atoms with Crippen LogP contribution < -0.4 is 14.5 Å². The summed E-state index contributed by atoms with van der Waals surface area (Å²) in [6.45, 7) is 3.52. The van der Waals surface area contributed by atoms with Crippen LogP contribution in [0, 0.1) is 5.82 Å². The number of amides is 1. The highest BCUT2D eigenvalue weighted by atomic mass is 19.1. The summed E-state index contributed by atoms with van der Waals surface area (Å²) in [5, 5.41) is 0. The zero-order valence-corrected chi connectivity index (χ0v) is 20.1. The molecule has 2 fully saturated rings. The summed E-state index contributed by atoms with van der Waals surface area (Å²) in [4.78, 5) is 19.2. The second-order valence-corrected chi connectivity index (χ2v) is 9.81. The van der Waals surface area contributed by atoms with Crippen molar-refractivity contribution in [1.29, 1.82) is 0 Å². The van der Waals surface area contributed by atoms with Crippen molar-refractivity contribution in [3.05, 3.63) is 53.3 Å². The molecule has 0 radical (unpaired) electrons. The van der Waals surface area contributed by atoms with Crippen molar-refractivity contribution in [2.45, 2.75) is 44.2 Å². The topological polar surface area (TPSA) is 45.2 Å². The van der Waals surface area contributed by atoms with E-state index in [0.717, 1.165) is 50.3 Å². The van der Waals surface area contributed by atoms with Crippen molar-refractivity contribution < 1.29 is 18.7 Å². The van der Waals surface area contributed by atoms with Crippen molar-refractivity contribution >= 4 is 17.3 Å². The Kier molecular flexibility index (Phi) is 6.75. The largest absolute Gasteiger partial charge is 0.491 e. The van der Waals surface area contributed by atoms with Gasteiger partial charge in [0.25, 0.3) is 5.91 Å². The Balaban J connectivity index is 1.26. The third-order valence-corrected chi connectivity index (χ3v) is 7.34. The molecule has 2 aromatic carbocycles. The van der Waals surface area contributed by atoms with E-state index in [4.69, 9.17) is 9.47 Å². The molecule has 3 heterocycles. The van der Waals surface area contributed by atoms with Gasteiger partial charge in [0, 0.05) is 43.5 Å². The lowest BCUT2D eigenvalue weighted by molar-refractivity contribution is -0.0110. The van der Waals surface area contributed by atoms with E-state index in [-0.39, 0.29) is 17.8 Å². The average Bonchev–Trinajstić information content (AvgIpc) is 3.34. The number of anilines is 2. The minimum Gasteiger partial charge on any atom is -0.491 e. The molecule has 0 spiro atoms. The lowest BCUT2D eigenvalue weighted by atomic mass is 9.98. The van der Waals surface area contributed by atoms with Gasteiger partial charge in [0.1, 0.15) is 18.2 Å². The second-order valence-electron chi connectivity index (χ2n) is 9.81. The molecule has 3 aliphatic rings. The van der Waals surface area contributed by atoms with Crippen LogP contribution in [0.4, 0.5) is 15.8 Å². The summed E-state index contributed by atoms with van der Waals surface area (Å²) in [5.41, 5.74) is 2.86. The first-order valence-corrected chi connectivity index (χ1v) is 12.4. The van der Waals surface area contributed by atoms with Crippen molar-refractivity contribution in [2.24, 2.45) is 0 Å². The Morgan fingerprint density at radius 1 is 1.12 bits per heavy atom. The average molecular weight is 468 g/mol. The summed E-state index contributed by atoms with van der Waals surface area (Å²) >= 11 is 0. The Labute approximate surface area is 201 Å². The minimum atomic E-state index is -0.274. The van der Waals surface area contributed by atoms with Gasteiger partial charge < -0.3 is 24.2 Å². The molecule has 2 saturated heterocycles. The van der Waals surface area contributed by atoms with Gasteiger partial charge in [-0.15, -0.1) is 0 Å². The van der Waals surface area contributed by atoms with Crippen LogP contribution in [0.25, 0.3) is 0 Å². The molecular weight excluding hydrogens is 433 g/mol. The minimum absolute atomic E-state index is 0.0931. The second kappa shape index (κ2) is 9.92. The van der Waals surface area contributed by atoms with Crippen molar-refractivity contribution in [3.63, 3.8) is 0 Å². The number of carbonyl (C=O) groups excluding carboxylic acids is 1. The van der Waals surface area contributed by atoms with E-state index in [0.29, 0.717) is 42.6 Å². The number of likely N-dealkylation sites (N-methyl/N-ethyl adjacent to an activating group) is 1. The molecule has 2 aromatic rings. The number of ether oxygens (including phenoxy) is 2. The number of benzene rings is 2. The summed E-state index contributed by atoms with van der Waals surface area (Å²) in [6.07, 6.45) is 5.21. The highest BCUT2D eigenvalue weighted by Gasteiger charge is 2.29. The summed E-state index contributed by atoms with van der Waals surface area (Å²) in [5.74, 6) is 0.403. The van der Waals surface area contributed by atoms with Gasteiger partial charge in [0.05, 0.1) is 11.8 Å². The zero-order chi connectivity index (χ0) is 23.7. The Hall–Kier alpha value is -2.64. The molecule has 3 aliphatic heterocycles. The highest BCUT2D eigenvalue weighted by molar-refractivity contribution is 6.08.